The molecule has 3 aromatic heterocycles. The van der Waals surface area contributed by atoms with Crippen LogP contribution >= 0.6 is 11.3 Å². The van der Waals surface area contributed by atoms with Gasteiger partial charge in [-0.25, -0.2) is 9.67 Å². The number of anilines is 1. The lowest BCUT2D eigenvalue weighted by Gasteiger charge is -2.25. The van der Waals surface area contributed by atoms with Crippen LogP contribution in [-0.4, -0.2) is 21.3 Å². The SMILES string of the molecule is Cc1ccc2c3n(nc2n1)C(c1ccsc1)CCN3. The zero-order valence-corrected chi connectivity index (χ0v) is 11.4. The Kier molecular flexibility index (Phi) is 2.35. The number of nitrogens with one attached hydrogen (secondary N) is 1. The van der Waals surface area contributed by atoms with Crippen LogP contribution < -0.4 is 5.32 Å². The van der Waals surface area contributed by atoms with Crippen LogP contribution in [0.2, 0.25) is 0 Å². The van der Waals surface area contributed by atoms with E-state index in [2.05, 4.69) is 37.9 Å². The maximum atomic E-state index is 4.70. The third-order valence-electron chi connectivity index (χ3n) is 3.63. The molecular weight excluding hydrogens is 256 g/mol. The van der Waals surface area contributed by atoms with Crippen molar-refractivity contribution in [2.75, 3.05) is 11.9 Å². The third-order valence-corrected chi connectivity index (χ3v) is 4.34. The average molecular weight is 270 g/mol. The first-order valence-corrected chi connectivity index (χ1v) is 7.39. The van der Waals surface area contributed by atoms with Gasteiger partial charge in [-0.1, -0.05) is 0 Å². The van der Waals surface area contributed by atoms with Crippen molar-refractivity contribution in [3.05, 3.63) is 40.2 Å². The Hall–Kier alpha value is -1.88. The summed E-state index contributed by atoms with van der Waals surface area (Å²) in [4.78, 5) is 4.53. The monoisotopic (exact) mass is 270 g/mol. The van der Waals surface area contributed by atoms with E-state index >= 15 is 0 Å². The molecule has 0 saturated heterocycles. The summed E-state index contributed by atoms with van der Waals surface area (Å²) in [6.07, 6.45) is 1.07. The summed E-state index contributed by atoms with van der Waals surface area (Å²) in [5, 5.41) is 13.6. The molecule has 0 aliphatic carbocycles. The summed E-state index contributed by atoms with van der Waals surface area (Å²) >= 11 is 1.74. The lowest BCUT2D eigenvalue weighted by Crippen LogP contribution is -2.23. The molecule has 19 heavy (non-hydrogen) atoms. The van der Waals surface area contributed by atoms with Gasteiger partial charge < -0.3 is 5.32 Å². The van der Waals surface area contributed by atoms with Gasteiger partial charge in [-0.15, -0.1) is 5.10 Å². The van der Waals surface area contributed by atoms with Gasteiger partial charge in [0.2, 0.25) is 0 Å². The van der Waals surface area contributed by atoms with Crippen molar-refractivity contribution in [3.8, 4) is 0 Å². The Morgan fingerprint density at radius 1 is 1.37 bits per heavy atom. The van der Waals surface area contributed by atoms with Crippen molar-refractivity contribution in [1.82, 2.24) is 14.8 Å². The molecular formula is C14H14N4S. The number of hydrogen-bond acceptors (Lipinski definition) is 4. The fourth-order valence-electron chi connectivity index (χ4n) is 2.70. The van der Waals surface area contributed by atoms with Gasteiger partial charge in [0.1, 0.15) is 5.82 Å². The van der Waals surface area contributed by atoms with Gasteiger partial charge in [0.15, 0.2) is 5.65 Å². The highest BCUT2D eigenvalue weighted by Gasteiger charge is 2.25. The van der Waals surface area contributed by atoms with Crippen molar-refractivity contribution in [3.63, 3.8) is 0 Å². The summed E-state index contributed by atoms with van der Waals surface area (Å²) in [6, 6.07) is 6.67. The summed E-state index contributed by atoms with van der Waals surface area (Å²) in [7, 11) is 0. The number of hydrogen-bond donors (Lipinski definition) is 1. The maximum Gasteiger partial charge on any atom is 0.183 e. The number of nitrogens with zero attached hydrogens (tertiary/aromatic N) is 3. The van der Waals surface area contributed by atoms with Crippen LogP contribution in [0.3, 0.4) is 0 Å². The highest BCUT2D eigenvalue weighted by atomic mass is 32.1. The summed E-state index contributed by atoms with van der Waals surface area (Å²) in [5.41, 5.74) is 3.19. The maximum absolute atomic E-state index is 4.70. The van der Waals surface area contributed by atoms with Gasteiger partial charge >= 0.3 is 0 Å². The van der Waals surface area contributed by atoms with E-state index in [1.54, 1.807) is 11.3 Å². The Morgan fingerprint density at radius 2 is 2.32 bits per heavy atom. The molecule has 0 bridgehead atoms. The highest BCUT2D eigenvalue weighted by Crippen LogP contribution is 2.34. The molecule has 1 aliphatic heterocycles. The van der Waals surface area contributed by atoms with Crippen molar-refractivity contribution >= 4 is 28.2 Å². The van der Waals surface area contributed by atoms with E-state index in [4.69, 9.17) is 5.10 Å². The van der Waals surface area contributed by atoms with E-state index in [1.807, 2.05) is 13.0 Å². The molecule has 1 N–H and O–H groups in total. The van der Waals surface area contributed by atoms with Crippen LogP contribution in [0.4, 0.5) is 5.82 Å². The Balaban J connectivity index is 1.93. The molecule has 1 unspecified atom stereocenters. The molecule has 1 aliphatic rings. The van der Waals surface area contributed by atoms with E-state index in [0.717, 1.165) is 35.5 Å². The first-order chi connectivity index (χ1) is 9.33. The van der Waals surface area contributed by atoms with Crippen LogP contribution in [0.15, 0.2) is 29.0 Å². The van der Waals surface area contributed by atoms with Gasteiger partial charge in [0.25, 0.3) is 0 Å². The predicted molar refractivity (Wildman–Crippen MR) is 77.8 cm³/mol. The Labute approximate surface area is 115 Å². The summed E-state index contributed by atoms with van der Waals surface area (Å²) in [6.45, 7) is 2.98. The number of pyridine rings is 1. The topological polar surface area (TPSA) is 42.7 Å². The third kappa shape index (κ3) is 1.65. The molecule has 5 heteroatoms. The van der Waals surface area contributed by atoms with E-state index in [0.29, 0.717) is 6.04 Å². The summed E-state index contributed by atoms with van der Waals surface area (Å²) < 4.78 is 2.10. The molecule has 4 rings (SSSR count). The number of fused-ring (bicyclic) bond motifs is 3. The van der Waals surface area contributed by atoms with Gasteiger partial charge in [-0.2, -0.15) is 11.3 Å². The molecule has 0 saturated carbocycles. The van der Waals surface area contributed by atoms with Crippen molar-refractivity contribution in [1.29, 1.82) is 0 Å². The highest BCUT2D eigenvalue weighted by molar-refractivity contribution is 7.07. The van der Waals surface area contributed by atoms with Crippen molar-refractivity contribution < 1.29 is 0 Å². The minimum absolute atomic E-state index is 0.331. The lowest BCUT2D eigenvalue weighted by molar-refractivity contribution is 0.486. The molecule has 0 amide bonds. The van der Waals surface area contributed by atoms with Crippen molar-refractivity contribution in [2.45, 2.75) is 19.4 Å². The lowest BCUT2D eigenvalue weighted by atomic mass is 10.1. The standard InChI is InChI=1S/C14H14N4S/c1-9-2-3-11-13(16-9)17-18-12(4-6-15-14(11)18)10-5-7-19-8-10/h2-3,5,7-8,12,15H,4,6H2,1H3. The fourth-order valence-corrected chi connectivity index (χ4v) is 3.41. The van der Waals surface area contributed by atoms with E-state index in [1.165, 1.54) is 5.56 Å². The van der Waals surface area contributed by atoms with Crippen LogP contribution in [-0.2, 0) is 0 Å². The normalized spacial score (nSPS) is 18.3. The zero-order valence-electron chi connectivity index (χ0n) is 10.6. The second-order valence-electron chi connectivity index (χ2n) is 4.90. The van der Waals surface area contributed by atoms with E-state index < -0.39 is 0 Å². The van der Waals surface area contributed by atoms with Crippen LogP contribution in [0.5, 0.6) is 0 Å². The molecule has 1 atom stereocenters. The van der Waals surface area contributed by atoms with Gasteiger partial charge in [-0.05, 0) is 47.9 Å². The first kappa shape index (κ1) is 11.0. The molecule has 0 fully saturated rings. The largest absolute Gasteiger partial charge is 0.370 e. The van der Waals surface area contributed by atoms with Crippen LogP contribution in [0.25, 0.3) is 11.0 Å². The second kappa shape index (κ2) is 4.06. The number of rotatable bonds is 1. The molecule has 4 nitrogen and oxygen atoms in total. The quantitative estimate of drug-likeness (QED) is 0.738. The number of aryl methyl sites for hydroxylation is 1. The molecule has 0 aromatic carbocycles. The Morgan fingerprint density at radius 3 is 3.16 bits per heavy atom. The van der Waals surface area contributed by atoms with Crippen molar-refractivity contribution in [2.24, 2.45) is 0 Å². The van der Waals surface area contributed by atoms with Gasteiger partial charge in [-0.3, -0.25) is 0 Å². The van der Waals surface area contributed by atoms with Crippen LogP contribution in [0, 0.1) is 6.92 Å². The smallest absolute Gasteiger partial charge is 0.183 e. The second-order valence-corrected chi connectivity index (χ2v) is 5.68. The average Bonchev–Trinajstić information content (AvgIpc) is 3.04. The number of aromatic nitrogens is 3. The molecule has 0 spiro atoms. The minimum atomic E-state index is 0.331. The Bertz CT molecular complexity index is 729. The minimum Gasteiger partial charge on any atom is -0.370 e. The predicted octanol–water partition coefficient (Wildman–Crippen LogP) is 3.21. The fraction of sp³-hybridized carbons (Fsp3) is 0.286. The molecule has 3 aromatic rings. The van der Waals surface area contributed by atoms with E-state index in [-0.39, 0.29) is 0 Å². The molecule has 96 valence electrons. The zero-order chi connectivity index (χ0) is 12.8. The van der Waals surface area contributed by atoms with Gasteiger partial charge in [0, 0.05) is 12.2 Å². The molecule has 0 radical (unpaired) electrons. The van der Waals surface area contributed by atoms with Gasteiger partial charge in [0.05, 0.1) is 11.4 Å². The first-order valence-electron chi connectivity index (χ1n) is 6.45. The number of thiophene rings is 1. The summed E-state index contributed by atoms with van der Waals surface area (Å²) in [5.74, 6) is 1.10. The van der Waals surface area contributed by atoms with Crippen LogP contribution in [0.1, 0.15) is 23.7 Å². The molecule has 4 heterocycles. The van der Waals surface area contributed by atoms with E-state index in [9.17, 15) is 0 Å².